The first-order valence-electron chi connectivity index (χ1n) is 16.2. The van der Waals surface area contributed by atoms with Gasteiger partial charge in [-0.05, 0) is 87.4 Å². The fourth-order valence-corrected chi connectivity index (χ4v) is 10.1. The van der Waals surface area contributed by atoms with E-state index in [0.717, 1.165) is 58.7 Å². The van der Waals surface area contributed by atoms with Crippen LogP contribution in [0.5, 0.6) is 0 Å². The van der Waals surface area contributed by atoms with Crippen LogP contribution in [-0.2, 0) is 50.6 Å². The van der Waals surface area contributed by atoms with Gasteiger partial charge in [-0.25, -0.2) is 5.26 Å². The Labute approximate surface area is 301 Å². The average Bonchev–Trinajstić information content (AvgIpc) is 3.70. The minimum absolute atomic E-state index is 0.128. The third-order valence-corrected chi connectivity index (χ3v) is 13.3. The van der Waals surface area contributed by atoms with E-state index in [1.54, 1.807) is 12.1 Å². The molecule has 0 saturated heterocycles. The molecular weight excluding hydrogens is 745 g/mol. The van der Waals surface area contributed by atoms with Crippen molar-refractivity contribution >= 4 is 59.5 Å². The molecule has 2 aromatic carbocycles. The molecule has 4 aliphatic rings. The van der Waals surface area contributed by atoms with E-state index < -0.39 is 46.9 Å². The van der Waals surface area contributed by atoms with Crippen molar-refractivity contribution in [3.8, 4) is 0 Å². The summed E-state index contributed by atoms with van der Waals surface area (Å²) >= 11 is 0.850. The van der Waals surface area contributed by atoms with E-state index in [1.807, 2.05) is 42.2 Å². The number of hydrogen-bond donors (Lipinski definition) is 4. The highest BCUT2D eigenvalue weighted by Crippen LogP contribution is 2.57. The predicted molar refractivity (Wildman–Crippen MR) is 190 cm³/mol. The molecule has 2 aliphatic heterocycles. The standard InChI is InChI=1S/C33H38N2O12S4/c1-32-14-12-22(30(32)34(16-4-18-49(37,38)39)28-10-8-24(20-26(28)32)48-47-46-36)6-3-7-23-13-15-33(2)27-21-25(51(43,44)45)9-11-29(27)35(31(23)33)17-5-19-50(40,41)42/h3,6-11,20-21H,4-5,12-19H2,1-2H3,(H3-,36,37,38,39,40,41,42,43,44,45)/p+1. The molecule has 4 N–H and O–H groups in total. The van der Waals surface area contributed by atoms with Crippen LogP contribution in [0.4, 0.5) is 11.4 Å². The molecular formula is C33H39N2O12S4+. The summed E-state index contributed by atoms with van der Waals surface area (Å²) in [7, 11) is -12.8. The molecule has 0 amide bonds. The van der Waals surface area contributed by atoms with E-state index in [-0.39, 0.29) is 30.0 Å². The van der Waals surface area contributed by atoms with Crippen molar-refractivity contribution in [2.75, 3.05) is 29.5 Å². The maximum Gasteiger partial charge on any atom is 0.294 e. The highest BCUT2D eigenvalue weighted by molar-refractivity contribution is 7.94. The van der Waals surface area contributed by atoms with Gasteiger partial charge in [-0.1, -0.05) is 23.3 Å². The second kappa shape index (κ2) is 13.8. The number of hydrogen-bond acceptors (Lipinski definition) is 11. The third kappa shape index (κ3) is 7.49. The van der Waals surface area contributed by atoms with E-state index in [2.05, 4.69) is 20.9 Å². The summed E-state index contributed by atoms with van der Waals surface area (Å²) in [5.74, 6) is -0.825. The van der Waals surface area contributed by atoms with Gasteiger partial charge in [0.2, 0.25) is 5.69 Å². The van der Waals surface area contributed by atoms with Crippen LogP contribution in [0, 0.1) is 0 Å². The van der Waals surface area contributed by atoms with E-state index in [0.29, 0.717) is 35.5 Å². The molecule has 51 heavy (non-hydrogen) atoms. The van der Waals surface area contributed by atoms with Gasteiger partial charge < -0.3 is 4.90 Å². The Kier molecular flexibility index (Phi) is 10.2. The predicted octanol–water partition coefficient (Wildman–Crippen LogP) is 5.38. The van der Waals surface area contributed by atoms with E-state index >= 15 is 0 Å². The fourth-order valence-electron chi connectivity index (χ4n) is 8.19. The second-order valence-corrected chi connectivity index (χ2v) is 18.9. The van der Waals surface area contributed by atoms with Crippen LogP contribution in [0.1, 0.15) is 63.5 Å². The molecule has 0 aromatic heterocycles. The Morgan fingerprint density at radius 3 is 2.29 bits per heavy atom. The molecule has 18 heteroatoms. The lowest BCUT2D eigenvalue weighted by molar-refractivity contribution is -0.437. The summed E-state index contributed by atoms with van der Waals surface area (Å²) in [4.78, 5) is 2.44. The van der Waals surface area contributed by atoms with Gasteiger partial charge >= 0.3 is 0 Å². The lowest BCUT2D eigenvalue weighted by Crippen LogP contribution is -2.28. The van der Waals surface area contributed by atoms with Gasteiger partial charge in [-0.2, -0.15) is 29.8 Å². The zero-order valence-corrected chi connectivity index (χ0v) is 31.1. The van der Waals surface area contributed by atoms with Crippen LogP contribution in [0.3, 0.4) is 0 Å². The van der Waals surface area contributed by atoms with Crippen molar-refractivity contribution in [3.63, 3.8) is 0 Å². The second-order valence-electron chi connectivity index (χ2n) is 13.6. The molecule has 14 nitrogen and oxygen atoms in total. The highest BCUT2D eigenvalue weighted by Gasteiger charge is 2.54. The van der Waals surface area contributed by atoms with Crippen molar-refractivity contribution < 1.29 is 58.1 Å². The van der Waals surface area contributed by atoms with Crippen LogP contribution >= 0.6 is 12.0 Å². The summed E-state index contributed by atoms with van der Waals surface area (Å²) in [6.07, 6.45) is 9.11. The third-order valence-electron chi connectivity index (χ3n) is 10.3. The maximum absolute atomic E-state index is 12.0. The van der Waals surface area contributed by atoms with Gasteiger partial charge in [-0.15, -0.1) is 4.33 Å². The van der Waals surface area contributed by atoms with Gasteiger partial charge in [0.15, 0.2) is 5.71 Å². The number of fused-ring (bicyclic) bond motifs is 6. The molecule has 2 heterocycles. The zero-order valence-electron chi connectivity index (χ0n) is 27.8. The van der Waals surface area contributed by atoms with E-state index in [4.69, 9.17) is 5.26 Å². The summed E-state index contributed by atoms with van der Waals surface area (Å²) in [6, 6.07) is 10.1. The quantitative estimate of drug-likeness (QED) is 0.0624. The molecule has 2 atom stereocenters. The lowest BCUT2D eigenvalue weighted by atomic mass is 9.81. The molecule has 0 spiro atoms. The summed E-state index contributed by atoms with van der Waals surface area (Å²) in [5.41, 5.74) is 6.24. The Bertz CT molecular complexity index is 2230. The smallest absolute Gasteiger partial charge is 0.294 e. The Morgan fingerprint density at radius 2 is 1.61 bits per heavy atom. The first-order chi connectivity index (χ1) is 23.9. The zero-order chi connectivity index (χ0) is 37.0. The summed E-state index contributed by atoms with van der Waals surface area (Å²) in [6.45, 7) is 4.72. The SMILES string of the molecule is CC12CCC(C=CC=C3CCC4(C)C3=[N+](CCCS(=O)(=O)O)c3ccc(SOOO)cc34)=C1N(CCCS(=O)(=O)O)c1ccc(S(=O)(=O)O)cc12. The molecule has 0 bridgehead atoms. The van der Waals surface area contributed by atoms with Crippen LogP contribution in [-0.4, -0.2) is 79.1 Å². The first kappa shape index (κ1) is 37.8. The van der Waals surface area contributed by atoms with Crippen molar-refractivity contribution in [2.24, 2.45) is 0 Å². The topological polar surface area (TPSA) is 208 Å². The fraction of sp³-hybridized carbons (Fsp3) is 0.424. The molecule has 1 saturated carbocycles. The van der Waals surface area contributed by atoms with Crippen LogP contribution in [0.2, 0.25) is 0 Å². The number of benzene rings is 2. The molecule has 276 valence electrons. The number of anilines is 1. The van der Waals surface area contributed by atoms with Gasteiger partial charge in [0.05, 0.1) is 33.9 Å². The lowest BCUT2D eigenvalue weighted by Gasteiger charge is -2.26. The Balaban J connectivity index is 1.37. The normalized spacial score (nSPS) is 23.9. The van der Waals surface area contributed by atoms with Crippen LogP contribution < -0.4 is 4.90 Å². The highest BCUT2D eigenvalue weighted by atomic mass is 32.2. The minimum atomic E-state index is -4.47. The number of rotatable bonds is 14. The molecule has 0 radical (unpaired) electrons. The van der Waals surface area contributed by atoms with Gasteiger partial charge in [0.25, 0.3) is 30.4 Å². The van der Waals surface area contributed by atoms with Crippen molar-refractivity contribution in [2.45, 2.75) is 73.0 Å². The Hall–Kier alpha value is -2.91. The van der Waals surface area contributed by atoms with E-state index in [1.165, 1.54) is 12.1 Å². The van der Waals surface area contributed by atoms with Crippen molar-refractivity contribution in [1.82, 2.24) is 0 Å². The van der Waals surface area contributed by atoms with Gasteiger partial charge in [0.1, 0.15) is 6.54 Å². The van der Waals surface area contributed by atoms with Crippen LogP contribution in [0.15, 0.2) is 81.3 Å². The molecule has 6 rings (SSSR count). The molecule has 1 fully saturated rings. The Morgan fingerprint density at radius 1 is 0.902 bits per heavy atom. The number of allylic oxidation sites excluding steroid dienone is 6. The first-order valence-corrected chi connectivity index (χ1v) is 21.6. The molecule has 2 unspecified atom stereocenters. The summed E-state index contributed by atoms with van der Waals surface area (Å²) < 4.78 is 106. The molecule has 2 aliphatic carbocycles. The average molecular weight is 784 g/mol. The maximum atomic E-state index is 12.0. The van der Waals surface area contributed by atoms with E-state index in [9.17, 15) is 38.9 Å². The largest absolute Gasteiger partial charge is 0.344 e. The van der Waals surface area contributed by atoms with Gasteiger partial charge in [-0.3, -0.25) is 13.7 Å². The van der Waals surface area contributed by atoms with Crippen LogP contribution in [0.25, 0.3) is 0 Å². The number of nitrogens with zero attached hydrogens (tertiary/aromatic N) is 2. The molecule has 2 aromatic rings. The van der Waals surface area contributed by atoms with Crippen molar-refractivity contribution in [1.29, 1.82) is 0 Å². The van der Waals surface area contributed by atoms with Gasteiger partial charge in [0, 0.05) is 51.9 Å². The van der Waals surface area contributed by atoms with Crippen molar-refractivity contribution in [3.05, 3.63) is 82.6 Å². The minimum Gasteiger partial charge on any atom is -0.344 e. The monoisotopic (exact) mass is 783 g/mol. The summed E-state index contributed by atoms with van der Waals surface area (Å²) in [5, 5.41) is 12.4.